The number of aromatic nitrogens is 1. The lowest BCUT2D eigenvalue weighted by Gasteiger charge is -2.18. The molecule has 0 saturated carbocycles. The summed E-state index contributed by atoms with van der Waals surface area (Å²) in [7, 11) is -2.72. The number of sulfonamides is 1. The van der Waals surface area contributed by atoms with Gasteiger partial charge in [-0.3, -0.25) is 9.78 Å². The van der Waals surface area contributed by atoms with Gasteiger partial charge in [-0.05, 0) is 38.1 Å². The Morgan fingerprint density at radius 2 is 1.87 bits per heavy atom. The first-order chi connectivity index (χ1) is 14.7. The third-order valence-corrected chi connectivity index (χ3v) is 6.10. The number of anilines is 1. The number of hydrogen-bond donors (Lipinski definition) is 2. The van der Waals surface area contributed by atoms with Crippen LogP contribution in [0.25, 0.3) is 11.1 Å². The maximum absolute atomic E-state index is 12.9. The number of nitrogens with one attached hydrogen (secondary N) is 2. The molecule has 11 heteroatoms. The standard InChI is InChI=1S/C20H23N3O7S/c1-4-28-13-6-9-17(29-5-2)16(10-13)21-19(24)12-23(3)31(26,27)14-7-8-15-18(11-14)30-20(25)22-15/h6-11H,4-5,12H2,1-3H3,(H,21,24)(H,22,25). The van der Waals surface area contributed by atoms with Gasteiger partial charge in [-0.15, -0.1) is 0 Å². The molecule has 0 aliphatic rings. The number of nitrogens with zero attached hydrogens (tertiary/aromatic N) is 1. The molecular formula is C20H23N3O7S. The van der Waals surface area contributed by atoms with Gasteiger partial charge in [0.15, 0.2) is 5.58 Å². The number of H-pyrrole nitrogens is 1. The topological polar surface area (TPSA) is 131 Å². The van der Waals surface area contributed by atoms with E-state index in [1.54, 1.807) is 18.2 Å². The summed E-state index contributed by atoms with van der Waals surface area (Å²) in [5.74, 6) is -0.257. The predicted molar refractivity (Wildman–Crippen MR) is 114 cm³/mol. The molecule has 2 aromatic carbocycles. The van der Waals surface area contributed by atoms with Crippen LogP contribution in [0.3, 0.4) is 0 Å². The quantitative estimate of drug-likeness (QED) is 0.512. The average Bonchev–Trinajstić information content (AvgIpc) is 3.09. The summed E-state index contributed by atoms with van der Waals surface area (Å²) in [6, 6.07) is 8.99. The second-order valence-electron chi connectivity index (χ2n) is 6.51. The molecule has 0 unspecified atom stereocenters. The molecule has 10 nitrogen and oxygen atoms in total. The highest BCUT2D eigenvalue weighted by Crippen LogP contribution is 2.29. The van der Waals surface area contributed by atoms with Crippen molar-refractivity contribution in [3.63, 3.8) is 0 Å². The van der Waals surface area contributed by atoms with E-state index in [0.29, 0.717) is 35.9 Å². The molecule has 0 saturated heterocycles. The monoisotopic (exact) mass is 449 g/mol. The summed E-state index contributed by atoms with van der Waals surface area (Å²) in [5, 5.41) is 2.67. The lowest BCUT2D eigenvalue weighted by Crippen LogP contribution is -2.35. The van der Waals surface area contributed by atoms with Crippen molar-refractivity contribution in [1.29, 1.82) is 0 Å². The van der Waals surface area contributed by atoms with Crippen molar-refractivity contribution in [3.05, 3.63) is 46.9 Å². The van der Waals surface area contributed by atoms with E-state index in [1.165, 1.54) is 25.2 Å². The molecule has 1 aromatic heterocycles. The van der Waals surface area contributed by atoms with Crippen LogP contribution < -0.4 is 20.5 Å². The molecule has 0 fully saturated rings. The number of carbonyl (C=O) groups excluding carboxylic acids is 1. The summed E-state index contributed by atoms with van der Waals surface area (Å²) < 4.78 is 42.5. The highest BCUT2D eigenvalue weighted by atomic mass is 32.2. The number of oxazole rings is 1. The van der Waals surface area contributed by atoms with E-state index in [4.69, 9.17) is 13.9 Å². The van der Waals surface area contributed by atoms with Crippen LogP contribution in [0.2, 0.25) is 0 Å². The number of ether oxygens (including phenoxy) is 2. The third kappa shape index (κ3) is 5.06. The van der Waals surface area contributed by atoms with Crippen LogP contribution in [-0.4, -0.2) is 50.4 Å². The fourth-order valence-electron chi connectivity index (χ4n) is 2.89. The smallest absolute Gasteiger partial charge is 0.417 e. The zero-order valence-corrected chi connectivity index (χ0v) is 18.1. The first kappa shape index (κ1) is 22.4. The normalized spacial score (nSPS) is 11.6. The lowest BCUT2D eigenvalue weighted by molar-refractivity contribution is -0.116. The van der Waals surface area contributed by atoms with Crippen molar-refractivity contribution in [1.82, 2.24) is 9.29 Å². The van der Waals surface area contributed by atoms with Gasteiger partial charge in [0.2, 0.25) is 15.9 Å². The van der Waals surface area contributed by atoms with E-state index < -0.39 is 28.2 Å². The minimum Gasteiger partial charge on any atom is -0.494 e. The molecular weight excluding hydrogens is 426 g/mol. The Morgan fingerprint density at radius 1 is 1.13 bits per heavy atom. The van der Waals surface area contributed by atoms with Crippen molar-refractivity contribution in [2.45, 2.75) is 18.7 Å². The molecule has 3 rings (SSSR count). The van der Waals surface area contributed by atoms with E-state index in [9.17, 15) is 18.0 Å². The summed E-state index contributed by atoms with van der Waals surface area (Å²) in [6.45, 7) is 4.05. The second kappa shape index (κ2) is 9.23. The van der Waals surface area contributed by atoms with Crippen LogP contribution in [0.15, 0.2) is 50.5 Å². The molecule has 0 aliphatic heterocycles. The number of amides is 1. The maximum atomic E-state index is 12.9. The number of rotatable bonds is 9. The summed E-state index contributed by atoms with van der Waals surface area (Å²) in [5.41, 5.74) is 0.860. The van der Waals surface area contributed by atoms with Crippen molar-refractivity contribution in [2.24, 2.45) is 0 Å². The minimum atomic E-state index is -4.01. The molecule has 2 N–H and O–H groups in total. The lowest BCUT2D eigenvalue weighted by atomic mass is 10.2. The average molecular weight is 449 g/mol. The number of likely N-dealkylation sites (N-methyl/N-ethyl adjacent to an activating group) is 1. The Labute approximate surface area is 178 Å². The Balaban J connectivity index is 1.77. The van der Waals surface area contributed by atoms with Gasteiger partial charge in [0.25, 0.3) is 0 Å². The van der Waals surface area contributed by atoms with Crippen molar-refractivity contribution >= 4 is 32.7 Å². The highest BCUT2D eigenvalue weighted by Gasteiger charge is 2.24. The van der Waals surface area contributed by atoms with Gasteiger partial charge in [0.05, 0.1) is 35.9 Å². The van der Waals surface area contributed by atoms with Crippen LogP contribution in [0.1, 0.15) is 13.8 Å². The molecule has 0 radical (unpaired) electrons. The largest absolute Gasteiger partial charge is 0.494 e. The van der Waals surface area contributed by atoms with E-state index in [2.05, 4.69) is 10.3 Å². The van der Waals surface area contributed by atoms with Crippen molar-refractivity contribution in [2.75, 3.05) is 32.1 Å². The van der Waals surface area contributed by atoms with E-state index in [1.807, 2.05) is 13.8 Å². The van der Waals surface area contributed by atoms with Crippen LogP contribution in [-0.2, 0) is 14.8 Å². The number of aromatic amines is 1. The maximum Gasteiger partial charge on any atom is 0.417 e. The van der Waals surface area contributed by atoms with Gasteiger partial charge in [-0.25, -0.2) is 13.2 Å². The first-order valence-electron chi connectivity index (χ1n) is 9.53. The molecule has 31 heavy (non-hydrogen) atoms. The molecule has 1 heterocycles. The van der Waals surface area contributed by atoms with E-state index in [0.717, 1.165) is 4.31 Å². The number of fused-ring (bicyclic) bond motifs is 1. The second-order valence-corrected chi connectivity index (χ2v) is 8.55. The van der Waals surface area contributed by atoms with Crippen LogP contribution in [0.5, 0.6) is 11.5 Å². The Hall–Kier alpha value is -3.31. The van der Waals surface area contributed by atoms with Crippen molar-refractivity contribution < 1.29 is 27.1 Å². The Kier molecular flexibility index (Phi) is 6.66. The molecule has 3 aromatic rings. The minimum absolute atomic E-state index is 0.105. The molecule has 166 valence electrons. The Bertz CT molecular complexity index is 1250. The zero-order valence-electron chi connectivity index (χ0n) is 17.3. The van der Waals surface area contributed by atoms with Crippen molar-refractivity contribution in [3.8, 4) is 11.5 Å². The molecule has 0 bridgehead atoms. The van der Waals surface area contributed by atoms with Gasteiger partial charge in [-0.2, -0.15) is 4.31 Å². The van der Waals surface area contributed by atoms with Gasteiger partial charge >= 0.3 is 5.76 Å². The third-order valence-electron chi connectivity index (χ3n) is 4.30. The number of carbonyl (C=O) groups is 1. The van der Waals surface area contributed by atoms with E-state index >= 15 is 0 Å². The summed E-state index contributed by atoms with van der Waals surface area (Å²) in [6.07, 6.45) is 0. The van der Waals surface area contributed by atoms with E-state index in [-0.39, 0.29) is 10.5 Å². The fraction of sp³-hybridized carbons (Fsp3) is 0.300. The predicted octanol–water partition coefficient (Wildman–Crippen LogP) is 2.18. The zero-order chi connectivity index (χ0) is 22.6. The van der Waals surface area contributed by atoms with Crippen LogP contribution in [0, 0.1) is 0 Å². The van der Waals surface area contributed by atoms with Gasteiger partial charge in [-0.1, -0.05) is 0 Å². The van der Waals surface area contributed by atoms with Gasteiger partial charge in [0, 0.05) is 19.2 Å². The molecule has 1 amide bonds. The first-order valence-corrected chi connectivity index (χ1v) is 11.0. The Morgan fingerprint density at radius 3 is 2.58 bits per heavy atom. The fourth-order valence-corrected chi connectivity index (χ4v) is 4.03. The highest BCUT2D eigenvalue weighted by molar-refractivity contribution is 7.89. The van der Waals surface area contributed by atoms with Gasteiger partial charge in [0.1, 0.15) is 11.5 Å². The molecule has 0 atom stereocenters. The van der Waals surface area contributed by atoms with Gasteiger partial charge < -0.3 is 19.2 Å². The number of hydrogen-bond acceptors (Lipinski definition) is 7. The molecule has 0 spiro atoms. The van der Waals surface area contributed by atoms with Crippen LogP contribution >= 0.6 is 0 Å². The molecule has 0 aliphatic carbocycles. The summed E-state index contributed by atoms with van der Waals surface area (Å²) >= 11 is 0. The number of benzene rings is 2. The SMILES string of the molecule is CCOc1ccc(OCC)c(NC(=O)CN(C)S(=O)(=O)c2ccc3[nH]c(=O)oc3c2)c1. The summed E-state index contributed by atoms with van der Waals surface area (Å²) in [4.78, 5) is 26.2. The van der Waals surface area contributed by atoms with Crippen LogP contribution in [0.4, 0.5) is 5.69 Å².